The highest BCUT2D eigenvalue weighted by molar-refractivity contribution is 5.69. The fraction of sp³-hybridized carbons (Fsp3) is 0.292. The molecule has 0 saturated heterocycles. The molecule has 3 rings (SSSR count). The van der Waals surface area contributed by atoms with Gasteiger partial charge in [0.05, 0.1) is 12.3 Å². The second-order valence-corrected chi connectivity index (χ2v) is 6.61. The number of pyridine rings is 1. The maximum atomic E-state index is 5.65. The van der Waals surface area contributed by atoms with Crippen LogP contribution in [-0.2, 0) is 6.42 Å². The van der Waals surface area contributed by atoms with E-state index in [9.17, 15) is 0 Å². The molecule has 0 N–H and O–H groups in total. The van der Waals surface area contributed by atoms with Crippen LogP contribution in [0.15, 0.2) is 66.9 Å². The maximum Gasteiger partial charge on any atom is 0.119 e. The number of nitrogens with zero attached hydrogens (tertiary/aromatic N) is 1. The first-order valence-corrected chi connectivity index (χ1v) is 9.58. The minimum Gasteiger partial charge on any atom is -0.494 e. The van der Waals surface area contributed by atoms with Crippen LogP contribution in [0, 0.1) is 0 Å². The Kier molecular flexibility index (Phi) is 6.43. The van der Waals surface area contributed by atoms with Gasteiger partial charge in [0.15, 0.2) is 0 Å². The zero-order valence-corrected chi connectivity index (χ0v) is 15.7. The minimum atomic E-state index is 0.762. The molecule has 0 spiro atoms. The molecule has 0 fully saturated rings. The summed E-state index contributed by atoms with van der Waals surface area (Å²) in [5.74, 6) is 0.930. The Hall–Kier alpha value is -2.61. The van der Waals surface area contributed by atoms with Crippen molar-refractivity contribution in [1.29, 1.82) is 0 Å². The number of unbranched alkanes of at least 4 members (excludes halogenated alkanes) is 1. The van der Waals surface area contributed by atoms with Gasteiger partial charge in [-0.1, -0.05) is 62.7 Å². The molecule has 0 atom stereocenters. The molecule has 0 aliphatic heterocycles. The van der Waals surface area contributed by atoms with E-state index >= 15 is 0 Å². The summed E-state index contributed by atoms with van der Waals surface area (Å²) < 4.78 is 5.65. The molecule has 0 unspecified atom stereocenters. The van der Waals surface area contributed by atoms with E-state index in [1.54, 1.807) is 0 Å². The Morgan fingerprint density at radius 2 is 1.38 bits per heavy atom. The summed E-state index contributed by atoms with van der Waals surface area (Å²) in [6, 6.07) is 21.2. The number of aromatic nitrogens is 1. The smallest absolute Gasteiger partial charge is 0.119 e. The summed E-state index contributed by atoms with van der Waals surface area (Å²) in [5, 5.41) is 0. The molecule has 0 aliphatic carbocycles. The van der Waals surface area contributed by atoms with Gasteiger partial charge in [-0.25, -0.2) is 0 Å². The first-order chi connectivity index (χ1) is 12.8. The average Bonchev–Trinajstić information content (AvgIpc) is 2.72. The van der Waals surface area contributed by atoms with Crippen LogP contribution in [0.2, 0.25) is 0 Å². The largest absolute Gasteiger partial charge is 0.494 e. The van der Waals surface area contributed by atoms with Crippen molar-refractivity contribution in [3.05, 3.63) is 72.4 Å². The van der Waals surface area contributed by atoms with Crippen molar-refractivity contribution in [2.45, 2.75) is 39.5 Å². The molecule has 1 aromatic heterocycles. The SMILES string of the molecule is CCCCc1ccc(-c2ccc(-c3ccc(OCCC)cc3)cc2)nc1. The third-order valence-corrected chi connectivity index (χ3v) is 4.48. The third-order valence-electron chi connectivity index (χ3n) is 4.48. The van der Waals surface area contributed by atoms with Gasteiger partial charge in [0.2, 0.25) is 0 Å². The lowest BCUT2D eigenvalue weighted by atomic mass is 10.0. The van der Waals surface area contributed by atoms with E-state index in [-0.39, 0.29) is 0 Å². The molecule has 134 valence electrons. The standard InChI is InChI=1S/C24H27NO/c1-3-5-6-19-7-16-24(25-18-19)22-10-8-20(9-11-22)21-12-14-23(15-13-21)26-17-4-2/h7-16,18H,3-6,17H2,1-2H3. The quantitative estimate of drug-likeness (QED) is 0.462. The van der Waals surface area contributed by atoms with Gasteiger partial charge >= 0.3 is 0 Å². The normalized spacial score (nSPS) is 10.7. The fourth-order valence-corrected chi connectivity index (χ4v) is 2.92. The zero-order chi connectivity index (χ0) is 18.2. The summed E-state index contributed by atoms with van der Waals surface area (Å²) in [6.45, 7) is 5.09. The molecule has 0 radical (unpaired) electrons. The fourth-order valence-electron chi connectivity index (χ4n) is 2.92. The third kappa shape index (κ3) is 4.72. The highest BCUT2D eigenvalue weighted by Crippen LogP contribution is 2.25. The second kappa shape index (κ2) is 9.19. The number of aryl methyl sites for hydroxylation is 1. The van der Waals surface area contributed by atoms with Gasteiger partial charge in [-0.3, -0.25) is 4.98 Å². The van der Waals surface area contributed by atoms with Gasteiger partial charge in [0.25, 0.3) is 0 Å². The van der Waals surface area contributed by atoms with Gasteiger partial charge in [-0.05, 0) is 54.2 Å². The lowest BCUT2D eigenvalue weighted by Crippen LogP contribution is -1.94. The molecule has 1 heterocycles. The Morgan fingerprint density at radius 3 is 1.96 bits per heavy atom. The lowest BCUT2D eigenvalue weighted by Gasteiger charge is -2.08. The van der Waals surface area contributed by atoms with E-state index in [1.807, 2.05) is 18.3 Å². The van der Waals surface area contributed by atoms with Crippen molar-refractivity contribution in [2.75, 3.05) is 6.61 Å². The first kappa shape index (κ1) is 18.2. The van der Waals surface area contributed by atoms with Gasteiger partial charge in [0.1, 0.15) is 5.75 Å². The topological polar surface area (TPSA) is 22.1 Å². The number of benzene rings is 2. The number of rotatable bonds is 8. The van der Waals surface area contributed by atoms with Crippen LogP contribution in [0.25, 0.3) is 22.4 Å². The van der Waals surface area contributed by atoms with Crippen molar-refractivity contribution in [3.8, 4) is 28.1 Å². The van der Waals surface area contributed by atoms with Crippen LogP contribution < -0.4 is 4.74 Å². The maximum absolute atomic E-state index is 5.65. The molecule has 0 bridgehead atoms. The molecule has 2 nitrogen and oxygen atoms in total. The van der Waals surface area contributed by atoms with Crippen LogP contribution in [0.5, 0.6) is 5.75 Å². The van der Waals surface area contributed by atoms with Crippen LogP contribution in [0.4, 0.5) is 0 Å². The molecule has 0 aliphatic rings. The van der Waals surface area contributed by atoms with Crippen molar-refractivity contribution in [1.82, 2.24) is 4.98 Å². The Morgan fingerprint density at radius 1 is 0.731 bits per heavy atom. The summed E-state index contributed by atoms with van der Waals surface area (Å²) in [7, 11) is 0. The van der Waals surface area contributed by atoms with Crippen molar-refractivity contribution in [2.24, 2.45) is 0 Å². The number of hydrogen-bond acceptors (Lipinski definition) is 2. The Bertz CT molecular complexity index is 719. The molecule has 2 aromatic carbocycles. The molecular formula is C24H27NO. The van der Waals surface area contributed by atoms with E-state index in [0.717, 1.165) is 36.5 Å². The highest BCUT2D eigenvalue weighted by atomic mass is 16.5. The molecule has 26 heavy (non-hydrogen) atoms. The van der Waals surface area contributed by atoms with Crippen molar-refractivity contribution < 1.29 is 4.74 Å². The Labute approximate surface area is 156 Å². The molecular weight excluding hydrogens is 318 g/mol. The van der Waals surface area contributed by atoms with Crippen molar-refractivity contribution >= 4 is 0 Å². The summed E-state index contributed by atoms with van der Waals surface area (Å²) >= 11 is 0. The van der Waals surface area contributed by atoms with E-state index in [4.69, 9.17) is 4.74 Å². The van der Waals surface area contributed by atoms with E-state index in [0.29, 0.717) is 0 Å². The average molecular weight is 345 g/mol. The molecule has 0 saturated carbocycles. The van der Waals surface area contributed by atoms with Crippen LogP contribution >= 0.6 is 0 Å². The van der Waals surface area contributed by atoms with Gasteiger partial charge in [-0.2, -0.15) is 0 Å². The molecule has 0 amide bonds. The number of hydrogen-bond donors (Lipinski definition) is 0. The van der Waals surface area contributed by atoms with Gasteiger partial charge in [0, 0.05) is 11.8 Å². The van der Waals surface area contributed by atoms with E-state index in [2.05, 4.69) is 67.4 Å². The van der Waals surface area contributed by atoms with Crippen LogP contribution in [-0.4, -0.2) is 11.6 Å². The predicted molar refractivity (Wildman–Crippen MR) is 110 cm³/mol. The van der Waals surface area contributed by atoms with Gasteiger partial charge < -0.3 is 4.74 Å². The Balaban J connectivity index is 1.69. The summed E-state index contributed by atoms with van der Waals surface area (Å²) in [4.78, 5) is 4.63. The zero-order valence-electron chi connectivity index (χ0n) is 15.7. The summed E-state index contributed by atoms with van der Waals surface area (Å²) in [6.07, 6.45) is 6.58. The van der Waals surface area contributed by atoms with E-state index < -0.39 is 0 Å². The predicted octanol–water partition coefficient (Wildman–Crippen LogP) is 6.55. The second-order valence-electron chi connectivity index (χ2n) is 6.61. The number of ether oxygens (including phenoxy) is 1. The van der Waals surface area contributed by atoms with Crippen LogP contribution in [0.3, 0.4) is 0 Å². The highest BCUT2D eigenvalue weighted by Gasteiger charge is 2.03. The lowest BCUT2D eigenvalue weighted by molar-refractivity contribution is 0.317. The first-order valence-electron chi connectivity index (χ1n) is 9.58. The summed E-state index contributed by atoms with van der Waals surface area (Å²) in [5.41, 5.74) is 5.90. The van der Waals surface area contributed by atoms with E-state index in [1.165, 1.54) is 29.5 Å². The van der Waals surface area contributed by atoms with Crippen LogP contribution in [0.1, 0.15) is 38.7 Å². The molecule has 2 heteroatoms. The van der Waals surface area contributed by atoms with Crippen molar-refractivity contribution in [3.63, 3.8) is 0 Å². The monoisotopic (exact) mass is 345 g/mol. The molecule has 3 aromatic rings. The van der Waals surface area contributed by atoms with Gasteiger partial charge in [-0.15, -0.1) is 0 Å². The minimum absolute atomic E-state index is 0.762.